The maximum Gasteiger partial charge on any atom is 0.408 e. The van der Waals surface area contributed by atoms with Crippen molar-refractivity contribution in [1.29, 1.82) is 0 Å². The quantitative estimate of drug-likeness (QED) is 0.0175. The number of para-hydroxylation sites is 1. The average molecular weight is 916 g/mol. The van der Waals surface area contributed by atoms with Crippen LogP contribution in [-0.2, 0) is 43.4 Å². The van der Waals surface area contributed by atoms with Crippen molar-refractivity contribution < 1.29 is 38.2 Å². The van der Waals surface area contributed by atoms with Crippen LogP contribution in [0.5, 0.6) is 0 Å². The average Bonchev–Trinajstić information content (AvgIpc) is 3.32. The number of alkyl carbamates (subject to hydrolysis) is 3. The fourth-order valence-corrected chi connectivity index (χ4v) is 6.49. The lowest BCUT2D eigenvalue weighted by molar-refractivity contribution is -0.128. The molecule has 17 nitrogen and oxygen atoms in total. The lowest BCUT2D eigenvalue weighted by atomic mass is 10.0. The van der Waals surface area contributed by atoms with E-state index in [2.05, 4.69) is 47.2 Å². The number of carbonyl (C=O) groups is 5. The summed E-state index contributed by atoms with van der Waals surface area (Å²) in [6, 6.07) is 35.6. The van der Waals surface area contributed by atoms with E-state index in [1.54, 1.807) is 27.0 Å². The third-order valence-electron chi connectivity index (χ3n) is 9.79. The van der Waals surface area contributed by atoms with E-state index in [4.69, 9.17) is 14.2 Å². The topological polar surface area (TPSA) is 222 Å². The minimum Gasteiger partial charge on any atom is -0.445 e. The Hall–Kier alpha value is -7.69. The van der Waals surface area contributed by atoms with Crippen molar-refractivity contribution >= 4 is 52.6 Å². The van der Waals surface area contributed by atoms with E-state index in [9.17, 15) is 24.0 Å². The molecule has 7 N–H and O–H groups in total. The SMILES string of the molecule is CC(C)(C)OC(=O)NC(CCCN/C(=N/CCNC(=O)OCc1ccccc1)NCCNC(=O)OCc1ccccc1)C(=O)N[C@@H](CCc1ccccc1)C(=O)Nc1cnc2ccccc2c1. The van der Waals surface area contributed by atoms with E-state index in [-0.39, 0.29) is 58.8 Å². The zero-order chi connectivity index (χ0) is 47.7. The normalized spacial score (nSPS) is 12.1. The number of carbonyl (C=O) groups excluding carboxylic acids is 5. The number of nitrogens with zero attached hydrogens (tertiary/aromatic N) is 2. The highest BCUT2D eigenvalue weighted by Gasteiger charge is 2.28. The van der Waals surface area contributed by atoms with Gasteiger partial charge in [-0.15, -0.1) is 0 Å². The molecule has 5 aromatic rings. The number of rotatable bonds is 22. The number of pyridine rings is 1. The van der Waals surface area contributed by atoms with Gasteiger partial charge in [0.05, 0.1) is 23.9 Å². The first-order valence-corrected chi connectivity index (χ1v) is 22.3. The minimum absolute atomic E-state index is 0.122. The molecule has 0 fully saturated rings. The van der Waals surface area contributed by atoms with Crippen LogP contribution < -0.4 is 37.2 Å². The summed E-state index contributed by atoms with van der Waals surface area (Å²) in [5.74, 6) is -0.650. The Morgan fingerprint density at radius 3 is 1.79 bits per heavy atom. The molecule has 0 saturated heterocycles. The Balaban J connectivity index is 1.20. The Morgan fingerprint density at radius 1 is 0.597 bits per heavy atom. The van der Waals surface area contributed by atoms with Crippen LogP contribution in [0.4, 0.5) is 20.1 Å². The maximum atomic E-state index is 14.1. The fourth-order valence-electron chi connectivity index (χ4n) is 6.49. The number of guanidine groups is 1. The summed E-state index contributed by atoms with van der Waals surface area (Å²) in [6.07, 6.45) is 0.874. The molecule has 5 amide bonds. The summed E-state index contributed by atoms with van der Waals surface area (Å²) in [4.78, 5) is 74.8. The first-order chi connectivity index (χ1) is 32.4. The molecule has 0 aliphatic carbocycles. The molecule has 0 spiro atoms. The Kier molecular flexibility index (Phi) is 20.2. The number of anilines is 1. The molecule has 0 aliphatic heterocycles. The number of benzene rings is 4. The summed E-state index contributed by atoms with van der Waals surface area (Å²) in [5, 5.41) is 21.1. The standard InChI is InChI=1S/C50H61N9O8/c1-50(2,3)67-49(64)59-42(45(61)58-43(26-25-36-16-7-4-8-17-36)44(60)57-40-32-39-22-13-14-23-41(39)56-33-40)24-15-27-51-46(52-28-30-54-47(62)65-34-37-18-9-5-10-19-37)53-29-31-55-48(63)66-35-38-20-11-6-12-21-38/h4-14,16-23,32-33,42-43H,15,24-31,34-35H2,1-3H3,(H,54,62)(H,55,63)(H,57,60)(H,58,61)(H,59,64)(H2,51,52,53)/t42?,43-/m0/s1. The maximum absolute atomic E-state index is 14.1. The fraction of sp³-hybridized carbons (Fsp3) is 0.340. The molecule has 5 rings (SSSR count). The molecule has 1 unspecified atom stereocenters. The summed E-state index contributed by atoms with van der Waals surface area (Å²) in [6.45, 7) is 6.52. The van der Waals surface area contributed by atoms with Gasteiger partial charge < -0.3 is 51.4 Å². The highest BCUT2D eigenvalue weighted by atomic mass is 16.6. The molecule has 67 heavy (non-hydrogen) atoms. The number of ether oxygens (including phenoxy) is 3. The molecular weight excluding hydrogens is 855 g/mol. The Bertz CT molecular complexity index is 2360. The van der Waals surface area contributed by atoms with Crippen molar-refractivity contribution in [2.45, 2.75) is 77.4 Å². The largest absolute Gasteiger partial charge is 0.445 e. The lowest BCUT2D eigenvalue weighted by Crippen LogP contribution is -2.53. The molecule has 4 aromatic carbocycles. The van der Waals surface area contributed by atoms with Gasteiger partial charge in [0, 0.05) is 31.6 Å². The Labute approximate surface area is 391 Å². The first-order valence-electron chi connectivity index (χ1n) is 22.3. The second-order valence-corrected chi connectivity index (χ2v) is 16.4. The summed E-state index contributed by atoms with van der Waals surface area (Å²) < 4.78 is 16.1. The number of amides is 5. The first kappa shape index (κ1) is 50.3. The van der Waals surface area contributed by atoms with E-state index in [0.29, 0.717) is 24.5 Å². The van der Waals surface area contributed by atoms with Crippen LogP contribution in [0.2, 0.25) is 0 Å². The molecule has 2 atom stereocenters. The number of aromatic nitrogens is 1. The third kappa shape index (κ3) is 19.5. The summed E-state index contributed by atoms with van der Waals surface area (Å²) in [5.41, 5.74) is 3.11. The number of fused-ring (bicyclic) bond motifs is 1. The van der Waals surface area contributed by atoms with Gasteiger partial charge in [0.15, 0.2) is 5.96 Å². The predicted molar refractivity (Wildman–Crippen MR) is 257 cm³/mol. The molecule has 0 bridgehead atoms. The smallest absolute Gasteiger partial charge is 0.408 e. The van der Waals surface area contributed by atoms with Crippen LogP contribution in [0.3, 0.4) is 0 Å². The molecule has 1 heterocycles. The second-order valence-electron chi connectivity index (χ2n) is 16.4. The molecule has 0 radical (unpaired) electrons. The van der Waals surface area contributed by atoms with Crippen molar-refractivity contribution in [3.05, 3.63) is 144 Å². The van der Waals surface area contributed by atoms with Gasteiger partial charge in [0.1, 0.15) is 30.9 Å². The van der Waals surface area contributed by atoms with Gasteiger partial charge in [-0.1, -0.05) is 109 Å². The van der Waals surface area contributed by atoms with E-state index >= 15 is 0 Å². The van der Waals surface area contributed by atoms with E-state index in [1.165, 1.54) is 0 Å². The van der Waals surface area contributed by atoms with Crippen molar-refractivity contribution in [1.82, 2.24) is 36.9 Å². The minimum atomic E-state index is -1.09. The highest BCUT2D eigenvalue weighted by molar-refractivity contribution is 5.99. The lowest BCUT2D eigenvalue weighted by Gasteiger charge is -2.25. The van der Waals surface area contributed by atoms with Crippen LogP contribution >= 0.6 is 0 Å². The summed E-state index contributed by atoms with van der Waals surface area (Å²) >= 11 is 0. The van der Waals surface area contributed by atoms with Crippen LogP contribution in [0, 0.1) is 0 Å². The number of aryl methyl sites for hydroxylation is 1. The van der Waals surface area contributed by atoms with Gasteiger partial charge in [0.2, 0.25) is 11.8 Å². The van der Waals surface area contributed by atoms with Crippen LogP contribution in [0.1, 0.15) is 56.7 Å². The van der Waals surface area contributed by atoms with Gasteiger partial charge in [0.25, 0.3) is 0 Å². The molecule has 0 aliphatic rings. The highest BCUT2D eigenvalue weighted by Crippen LogP contribution is 2.17. The van der Waals surface area contributed by atoms with Gasteiger partial charge in [-0.05, 0) is 75.3 Å². The van der Waals surface area contributed by atoms with Gasteiger partial charge in [-0.25, -0.2) is 14.4 Å². The van der Waals surface area contributed by atoms with E-state index in [1.807, 2.05) is 121 Å². The van der Waals surface area contributed by atoms with E-state index < -0.39 is 47.8 Å². The van der Waals surface area contributed by atoms with Crippen molar-refractivity contribution in [3.63, 3.8) is 0 Å². The van der Waals surface area contributed by atoms with Crippen LogP contribution in [-0.4, -0.2) is 91.4 Å². The number of nitrogens with one attached hydrogen (secondary N) is 7. The van der Waals surface area contributed by atoms with Gasteiger partial charge >= 0.3 is 18.3 Å². The Morgan fingerprint density at radius 2 is 1.15 bits per heavy atom. The zero-order valence-electron chi connectivity index (χ0n) is 38.2. The van der Waals surface area contributed by atoms with Crippen molar-refractivity contribution in [2.24, 2.45) is 4.99 Å². The number of aliphatic imine (C=N–C) groups is 1. The van der Waals surface area contributed by atoms with Crippen LogP contribution in [0.15, 0.2) is 133 Å². The predicted octanol–water partition coefficient (Wildman–Crippen LogP) is 6.35. The van der Waals surface area contributed by atoms with Gasteiger partial charge in [-0.2, -0.15) is 0 Å². The molecule has 0 saturated carbocycles. The second kappa shape index (κ2) is 26.9. The molecular formula is C50H61N9O8. The van der Waals surface area contributed by atoms with E-state index in [0.717, 1.165) is 27.6 Å². The number of hydrogen-bond acceptors (Lipinski definition) is 10. The monoisotopic (exact) mass is 915 g/mol. The van der Waals surface area contributed by atoms with Crippen molar-refractivity contribution in [2.75, 3.05) is 38.0 Å². The molecule has 354 valence electrons. The van der Waals surface area contributed by atoms with Crippen LogP contribution in [0.25, 0.3) is 10.9 Å². The third-order valence-corrected chi connectivity index (χ3v) is 9.79. The molecule has 1 aromatic heterocycles. The van der Waals surface area contributed by atoms with Crippen molar-refractivity contribution in [3.8, 4) is 0 Å². The number of hydrogen-bond donors (Lipinski definition) is 7. The summed E-state index contributed by atoms with van der Waals surface area (Å²) in [7, 11) is 0. The molecule has 17 heteroatoms. The zero-order valence-corrected chi connectivity index (χ0v) is 38.2. The van der Waals surface area contributed by atoms with Gasteiger partial charge in [-0.3, -0.25) is 19.6 Å².